The van der Waals surface area contributed by atoms with Gasteiger partial charge in [-0.25, -0.2) is 13.1 Å². The van der Waals surface area contributed by atoms with Gasteiger partial charge in [0.05, 0.1) is 13.4 Å². The number of ether oxygens (including phenoxy) is 1. The van der Waals surface area contributed by atoms with Crippen molar-refractivity contribution in [1.82, 2.24) is 10.0 Å². The molecule has 102 valence electrons. The largest absolute Gasteiger partial charge is 0.497 e. The van der Waals surface area contributed by atoms with E-state index < -0.39 is 10.0 Å². The van der Waals surface area contributed by atoms with E-state index in [2.05, 4.69) is 10.0 Å². The Balaban J connectivity index is 2.14. The minimum Gasteiger partial charge on any atom is -0.497 e. The second-order valence-electron chi connectivity index (χ2n) is 4.01. The average molecular weight is 272 g/mol. The van der Waals surface area contributed by atoms with Gasteiger partial charge in [0.25, 0.3) is 0 Å². The quantitative estimate of drug-likeness (QED) is 0.671. The highest BCUT2D eigenvalue weighted by atomic mass is 32.2. The highest BCUT2D eigenvalue weighted by Gasteiger charge is 1.98. The molecule has 1 aromatic rings. The van der Waals surface area contributed by atoms with E-state index in [-0.39, 0.29) is 0 Å². The fourth-order valence-electron chi connectivity index (χ4n) is 1.47. The second-order valence-corrected chi connectivity index (χ2v) is 5.85. The molecule has 18 heavy (non-hydrogen) atoms. The van der Waals surface area contributed by atoms with Crippen molar-refractivity contribution in [3.8, 4) is 5.75 Å². The second kappa shape index (κ2) is 7.35. The lowest BCUT2D eigenvalue weighted by atomic mass is 10.1. The molecular formula is C12H20N2O3S. The molecule has 6 heteroatoms. The lowest BCUT2D eigenvalue weighted by Gasteiger charge is -2.06. The van der Waals surface area contributed by atoms with Crippen LogP contribution in [-0.2, 0) is 16.4 Å². The van der Waals surface area contributed by atoms with Gasteiger partial charge in [0.15, 0.2) is 0 Å². The van der Waals surface area contributed by atoms with Crippen molar-refractivity contribution in [2.45, 2.75) is 6.42 Å². The molecule has 1 rings (SSSR count). The van der Waals surface area contributed by atoms with Gasteiger partial charge < -0.3 is 10.1 Å². The zero-order valence-electron chi connectivity index (χ0n) is 10.8. The topological polar surface area (TPSA) is 67.4 Å². The van der Waals surface area contributed by atoms with Crippen LogP contribution in [0.4, 0.5) is 0 Å². The van der Waals surface area contributed by atoms with Gasteiger partial charge in [0.1, 0.15) is 5.75 Å². The predicted molar refractivity (Wildman–Crippen MR) is 72.4 cm³/mol. The van der Waals surface area contributed by atoms with E-state index in [1.54, 1.807) is 7.11 Å². The van der Waals surface area contributed by atoms with Crippen molar-refractivity contribution in [2.75, 3.05) is 33.0 Å². The van der Waals surface area contributed by atoms with Crippen LogP contribution in [0, 0.1) is 0 Å². The Hall–Kier alpha value is -1.11. The van der Waals surface area contributed by atoms with E-state index in [1.807, 2.05) is 24.3 Å². The zero-order valence-corrected chi connectivity index (χ0v) is 11.6. The highest BCUT2D eigenvalue weighted by Crippen LogP contribution is 2.11. The molecule has 0 aliphatic carbocycles. The minimum absolute atomic E-state index is 0.418. The van der Waals surface area contributed by atoms with Crippen molar-refractivity contribution in [3.05, 3.63) is 29.8 Å². The fraction of sp³-hybridized carbons (Fsp3) is 0.500. The van der Waals surface area contributed by atoms with E-state index in [0.29, 0.717) is 13.1 Å². The highest BCUT2D eigenvalue weighted by molar-refractivity contribution is 7.88. The number of nitrogens with one attached hydrogen (secondary N) is 2. The van der Waals surface area contributed by atoms with Gasteiger partial charge in [-0.3, -0.25) is 0 Å². The summed E-state index contributed by atoms with van der Waals surface area (Å²) in [6.45, 7) is 1.86. The van der Waals surface area contributed by atoms with Crippen molar-refractivity contribution >= 4 is 10.0 Å². The molecule has 0 aliphatic rings. The SMILES string of the molecule is COc1ccc(CCNCCNS(C)(=O)=O)cc1. The Kier molecular flexibility index (Phi) is 6.11. The van der Waals surface area contributed by atoms with Gasteiger partial charge in [-0.05, 0) is 30.7 Å². The molecule has 5 nitrogen and oxygen atoms in total. The van der Waals surface area contributed by atoms with Crippen molar-refractivity contribution in [3.63, 3.8) is 0 Å². The number of benzene rings is 1. The van der Waals surface area contributed by atoms with Crippen LogP contribution in [0.5, 0.6) is 5.75 Å². The van der Waals surface area contributed by atoms with Gasteiger partial charge in [-0.2, -0.15) is 0 Å². The van der Waals surface area contributed by atoms with Gasteiger partial charge in [0, 0.05) is 13.1 Å². The Morgan fingerprint density at radius 1 is 1.11 bits per heavy atom. The normalized spacial score (nSPS) is 11.4. The summed E-state index contributed by atoms with van der Waals surface area (Å²) in [5, 5.41) is 3.18. The third kappa shape index (κ3) is 6.58. The molecule has 0 radical (unpaired) electrons. The molecule has 0 saturated carbocycles. The molecule has 0 bridgehead atoms. The molecule has 0 saturated heterocycles. The number of hydrogen-bond acceptors (Lipinski definition) is 4. The van der Waals surface area contributed by atoms with Crippen LogP contribution in [0.2, 0.25) is 0 Å². The van der Waals surface area contributed by atoms with Gasteiger partial charge in [0.2, 0.25) is 10.0 Å². The lowest BCUT2D eigenvalue weighted by Crippen LogP contribution is -2.31. The lowest BCUT2D eigenvalue weighted by molar-refractivity contribution is 0.414. The van der Waals surface area contributed by atoms with Crippen LogP contribution in [0.25, 0.3) is 0 Å². The zero-order chi connectivity index (χ0) is 13.4. The van der Waals surface area contributed by atoms with E-state index in [1.165, 1.54) is 5.56 Å². The number of rotatable bonds is 8. The van der Waals surface area contributed by atoms with Crippen molar-refractivity contribution in [1.29, 1.82) is 0 Å². The molecule has 0 aliphatic heterocycles. The van der Waals surface area contributed by atoms with Crippen LogP contribution in [0.1, 0.15) is 5.56 Å². The van der Waals surface area contributed by atoms with Crippen LogP contribution in [0.15, 0.2) is 24.3 Å². The monoisotopic (exact) mass is 272 g/mol. The number of sulfonamides is 1. The van der Waals surface area contributed by atoms with Crippen LogP contribution in [-0.4, -0.2) is 41.4 Å². The van der Waals surface area contributed by atoms with Crippen molar-refractivity contribution in [2.24, 2.45) is 0 Å². The summed E-state index contributed by atoms with van der Waals surface area (Å²) in [5.74, 6) is 0.851. The first-order chi connectivity index (χ1) is 8.51. The fourth-order valence-corrected chi connectivity index (χ4v) is 1.95. The summed E-state index contributed by atoms with van der Waals surface area (Å²) >= 11 is 0. The van der Waals surface area contributed by atoms with E-state index >= 15 is 0 Å². The van der Waals surface area contributed by atoms with Gasteiger partial charge >= 0.3 is 0 Å². The Morgan fingerprint density at radius 2 is 1.78 bits per heavy atom. The minimum atomic E-state index is -3.08. The summed E-state index contributed by atoms with van der Waals surface area (Å²) < 4.78 is 29.1. The average Bonchev–Trinajstić information content (AvgIpc) is 2.33. The third-order valence-electron chi connectivity index (χ3n) is 2.42. The van der Waals surface area contributed by atoms with E-state index in [4.69, 9.17) is 4.74 Å². The molecule has 0 unspecified atom stereocenters. The molecule has 0 spiro atoms. The Labute approximate surface area is 109 Å². The molecular weight excluding hydrogens is 252 g/mol. The summed E-state index contributed by atoms with van der Waals surface area (Å²) in [5.41, 5.74) is 1.22. The Morgan fingerprint density at radius 3 is 2.33 bits per heavy atom. The summed E-state index contributed by atoms with van der Waals surface area (Å²) in [6.07, 6.45) is 2.06. The summed E-state index contributed by atoms with van der Waals surface area (Å²) in [7, 11) is -1.43. The maximum absolute atomic E-state index is 10.8. The maximum atomic E-state index is 10.8. The maximum Gasteiger partial charge on any atom is 0.208 e. The third-order valence-corrected chi connectivity index (χ3v) is 3.14. The van der Waals surface area contributed by atoms with Gasteiger partial charge in [-0.15, -0.1) is 0 Å². The summed E-state index contributed by atoms with van der Waals surface area (Å²) in [4.78, 5) is 0. The predicted octanol–water partition coefficient (Wildman–Crippen LogP) is 0.377. The van der Waals surface area contributed by atoms with Crippen LogP contribution < -0.4 is 14.8 Å². The standard InChI is InChI=1S/C12H20N2O3S/c1-17-12-5-3-11(4-6-12)7-8-13-9-10-14-18(2,15)16/h3-6,13-14H,7-10H2,1-2H3. The first kappa shape index (κ1) is 14.9. The number of methoxy groups -OCH3 is 1. The molecule has 0 heterocycles. The smallest absolute Gasteiger partial charge is 0.208 e. The van der Waals surface area contributed by atoms with E-state index in [0.717, 1.165) is 25.0 Å². The first-order valence-corrected chi connectivity index (χ1v) is 7.69. The Bertz CT molecular complexity index is 443. The molecule has 0 atom stereocenters. The van der Waals surface area contributed by atoms with Gasteiger partial charge in [-0.1, -0.05) is 12.1 Å². The number of hydrogen-bond donors (Lipinski definition) is 2. The molecule has 0 fully saturated rings. The molecule has 0 amide bonds. The van der Waals surface area contributed by atoms with Crippen LogP contribution >= 0.6 is 0 Å². The molecule has 1 aromatic carbocycles. The van der Waals surface area contributed by atoms with Crippen LogP contribution in [0.3, 0.4) is 0 Å². The molecule has 2 N–H and O–H groups in total. The first-order valence-electron chi connectivity index (χ1n) is 5.79. The van der Waals surface area contributed by atoms with E-state index in [9.17, 15) is 8.42 Å². The molecule has 0 aromatic heterocycles. The summed E-state index contributed by atoms with van der Waals surface area (Å²) in [6, 6.07) is 7.91. The van der Waals surface area contributed by atoms with Crippen molar-refractivity contribution < 1.29 is 13.2 Å².